The third kappa shape index (κ3) is 5.02. The number of anilines is 1. The van der Waals surface area contributed by atoms with Crippen molar-refractivity contribution in [1.82, 2.24) is 14.8 Å². The van der Waals surface area contributed by atoms with Gasteiger partial charge in [-0.15, -0.1) is 0 Å². The number of nitrogens with one attached hydrogen (secondary N) is 2. The van der Waals surface area contributed by atoms with Crippen LogP contribution in [0, 0.1) is 0 Å². The van der Waals surface area contributed by atoms with E-state index in [0.717, 1.165) is 54.6 Å². The summed E-state index contributed by atoms with van der Waals surface area (Å²) in [5.41, 5.74) is 2.96. The molecular formula is C27H30N4O4. The zero-order chi connectivity index (χ0) is 24.5. The maximum absolute atomic E-state index is 13.2. The third-order valence-electron chi connectivity index (χ3n) is 6.25. The highest BCUT2D eigenvalue weighted by Crippen LogP contribution is 2.35. The molecule has 182 valence electrons. The van der Waals surface area contributed by atoms with E-state index in [0.29, 0.717) is 17.0 Å². The molecule has 2 aromatic carbocycles. The predicted molar refractivity (Wildman–Crippen MR) is 136 cm³/mol. The number of ketones is 1. The van der Waals surface area contributed by atoms with Gasteiger partial charge in [0.05, 0.1) is 12.7 Å². The molecule has 0 saturated heterocycles. The highest BCUT2D eigenvalue weighted by atomic mass is 16.5. The molecule has 0 radical (unpaired) electrons. The Morgan fingerprint density at radius 2 is 2.06 bits per heavy atom. The highest BCUT2D eigenvalue weighted by Gasteiger charge is 2.29. The van der Waals surface area contributed by atoms with Crippen LogP contribution in [-0.2, 0) is 6.54 Å². The maximum atomic E-state index is 13.2. The van der Waals surface area contributed by atoms with Crippen molar-refractivity contribution in [1.29, 1.82) is 0 Å². The first-order valence-electron chi connectivity index (χ1n) is 11.9. The normalized spacial score (nSPS) is 16.0. The summed E-state index contributed by atoms with van der Waals surface area (Å²) in [4.78, 5) is 27.4. The molecule has 5 rings (SSSR count). The van der Waals surface area contributed by atoms with Crippen LogP contribution in [0.3, 0.4) is 0 Å². The number of allylic oxidation sites excluding steroid dienone is 1. The van der Waals surface area contributed by atoms with Gasteiger partial charge in [0, 0.05) is 40.9 Å². The Balaban J connectivity index is 1.41. The number of aryl methyl sites for hydroxylation is 1. The zero-order valence-electron chi connectivity index (χ0n) is 20.3. The van der Waals surface area contributed by atoms with E-state index in [4.69, 9.17) is 9.47 Å². The van der Waals surface area contributed by atoms with Gasteiger partial charge in [0.25, 0.3) is 0 Å². The molecule has 1 fully saturated rings. The number of benzene rings is 2. The molecule has 1 aromatic heterocycles. The fourth-order valence-electron chi connectivity index (χ4n) is 4.28. The monoisotopic (exact) mass is 474 g/mol. The van der Waals surface area contributed by atoms with Crippen LogP contribution in [0.2, 0.25) is 0 Å². The van der Waals surface area contributed by atoms with E-state index < -0.39 is 0 Å². The molecule has 2 aliphatic rings. The average Bonchev–Trinajstić information content (AvgIpc) is 3.51. The van der Waals surface area contributed by atoms with E-state index in [1.807, 2.05) is 18.2 Å². The smallest absolute Gasteiger partial charge is 0.319 e. The van der Waals surface area contributed by atoms with Crippen LogP contribution in [0.1, 0.15) is 35.2 Å². The van der Waals surface area contributed by atoms with Crippen LogP contribution in [0.4, 0.5) is 10.5 Å². The molecular weight excluding hydrogens is 444 g/mol. The Morgan fingerprint density at radius 1 is 1.23 bits per heavy atom. The van der Waals surface area contributed by atoms with Crippen LogP contribution in [0.5, 0.6) is 11.5 Å². The second-order valence-corrected chi connectivity index (χ2v) is 9.34. The van der Waals surface area contributed by atoms with Gasteiger partial charge in [-0.3, -0.25) is 4.79 Å². The molecule has 1 aliphatic carbocycles. The minimum absolute atomic E-state index is 0.206. The van der Waals surface area contributed by atoms with Gasteiger partial charge in [-0.1, -0.05) is 0 Å². The second-order valence-electron chi connectivity index (χ2n) is 9.34. The van der Waals surface area contributed by atoms with E-state index in [-0.39, 0.29) is 23.6 Å². The summed E-state index contributed by atoms with van der Waals surface area (Å²) in [5, 5.41) is 6.67. The predicted octanol–water partition coefficient (Wildman–Crippen LogP) is 4.50. The van der Waals surface area contributed by atoms with Gasteiger partial charge in [-0.25, -0.2) is 4.79 Å². The second kappa shape index (κ2) is 9.46. The van der Waals surface area contributed by atoms with Crippen LogP contribution >= 0.6 is 0 Å². The molecule has 0 bridgehead atoms. The summed E-state index contributed by atoms with van der Waals surface area (Å²) < 4.78 is 13.6. The number of Topliss-reactive ketones (excluding diaryl/α,β-unsaturated/α-hetero) is 1. The molecule has 3 aromatic rings. The van der Waals surface area contributed by atoms with E-state index in [2.05, 4.69) is 40.4 Å². The van der Waals surface area contributed by atoms with Gasteiger partial charge in [0.1, 0.15) is 11.5 Å². The van der Waals surface area contributed by atoms with Crippen molar-refractivity contribution in [2.45, 2.75) is 31.8 Å². The zero-order valence-corrected chi connectivity index (χ0v) is 20.3. The largest absolute Gasteiger partial charge is 0.497 e. The topological polar surface area (TPSA) is 84.8 Å². The number of hydrogen-bond donors (Lipinski definition) is 2. The number of urea groups is 1. The fraction of sp³-hybridized carbons (Fsp3) is 0.333. The molecule has 2 heterocycles. The first-order valence-corrected chi connectivity index (χ1v) is 11.9. The van der Waals surface area contributed by atoms with Crippen LogP contribution in [0.15, 0.2) is 48.4 Å². The molecule has 35 heavy (non-hydrogen) atoms. The number of methoxy groups -OCH3 is 1. The fourth-order valence-corrected chi connectivity index (χ4v) is 4.28. The molecule has 2 N–H and O–H groups in total. The van der Waals surface area contributed by atoms with Crippen molar-refractivity contribution >= 4 is 34.5 Å². The lowest BCUT2D eigenvalue weighted by atomic mass is 10.1. The summed E-state index contributed by atoms with van der Waals surface area (Å²) in [6, 6.07) is 11.1. The van der Waals surface area contributed by atoms with Crippen molar-refractivity contribution in [3.05, 3.63) is 59.5 Å². The number of fused-ring (bicyclic) bond motifs is 2. The van der Waals surface area contributed by atoms with E-state index >= 15 is 0 Å². The Bertz CT molecular complexity index is 1320. The minimum Gasteiger partial charge on any atom is -0.497 e. The van der Waals surface area contributed by atoms with Crippen molar-refractivity contribution in [3.63, 3.8) is 0 Å². The van der Waals surface area contributed by atoms with Gasteiger partial charge in [-0.05, 0) is 82.4 Å². The first-order chi connectivity index (χ1) is 16.9. The van der Waals surface area contributed by atoms with Crippen molar-refractivity contribution in [2.75, 3.05) is 33.1 Å². The number of carbonyl (C=O) groups is 2. The van der Waals surface area contributed by atoms with Gasteiger partial charge < -0.3 is 29.6 Å². The van der Waals surface area contributed by atoms with E-state index in [9.17, 15) is 9.59 Å². The molecule has 1 saturated carbocycles. The molecule has 0 unspecified atom stereocenters. The molecule has 8 heteroatoms. The summed E-state index contributed by atoms with van der Waals surface area (Å²) in [6.07, 6.45) is 6.87. The number of amides is 2. The van der Waals surface area contributed by atoms with Gasteiger partial charge in [0.15, 0.2) is 5.76 Å². The number of carbonyl (C=O) groups excluding carboxylic acids is 2. The summed E-state index contributed by atoms with van der Waals surface area (Å²) in [6.45, 7) is 1.84. The third-order valence-corrected chi connectivity index (χ3v) is 6.25. The molecule has 1 aliphatic heterocycles. The first kappa shape index (κ1) is 23.0. The van der Waals surface area contributed by atoms with E-state index in [1.54, 1.807) is 31.4 Å². The van der Waals surface area contributed by atoms with E-state index in [1.165, 1.54) is 0 Å². The van der Waals surface area contributed by atoms with Crippen molar-refractivity contribution in [2.24, 2.45) is 0 Å². The lowest BCUT2D eigenvalue weighted by molar-refractivity contribution is 0.101. The Hall–Kier alpha value is -3.78. The molecule has 2 amide bonds. The summed E-state index contributed by atoms with van der Waals surface area (Å²) in [7, 11) is 5.77. The maximum Gasteiger partial charge on any atom is 0.319 e. The van der Waals surface area contributed by atoms with Gasteiger partial charge in [0.2, 0.25) is 5.78 Å². The molecule has 8 nitrogen and oxygen atoms in total. The molecule has 0 atom stereocenters. The quantitative estimate of drug-likeness (QED) is 0.470. The van der Waals surface area contributed by atoms with Crippen LogP contribution < -0.4 is 20.1 Å². The summed E-state index contributed by atoms with van der Waals surface area (Å²) in [5.74, 6) is 1.30. The Kier molecular flexibility index (Phi) is 6.21. The number of hydrogen-bond acceptors (Lipinski definition) is 5. The number of aromatic nitrogens is 1. The summed E-state index contributed by atoms with van der Waals surface area (Å²) >= 11 is 0. The van der Waals surface area contributed by atoms with Crippen LogP contribution in [0.25, 0.3) is 17.0 Å². The molecule has 0 spiro atoms. The lowest BCUT2D eigenvalue weighted by Gasteiger charge is -2.10. The SMILES string of the molecule is COc1ccc2c(c1)c(C=C1Oc3ccc(NC(=O)NC4CC4)cc3C1=O)cn2CCCN(C)C. The van der Waals surface area contributed by atoms with Gasteiger partial charge in [-0.2, -0.15) is 0 Å². The lowest BCUT2D eigenvalue weighted by Crippen LogP contribution is -2.30. The Labute approximate surface area is 204 Å². The van der Waals surface area contributed by atoms with Crippen molar-refractivity contribution in [3.8, 4) is 11.5 Å². The average molecular weight is 475 g/mol. The van der Waals surface area contributed by atoms with Crippen LogP contribution in [-0.4, -0.2) is 55.1 Å². The Morgan fingerprint density at radius 3 is 2.80 bits per heavy atom. The number of rotatable bonds is 8. The highest BCUT2D eigenvalue weighted by molar-refractivity contribution is 6.15. The van der Waals surface area contributed by atoms with Crippen molar-refractivity contribution < 1.29 is 19.1 Å². The standard InChI is InChI=1S/C27H30N4O4/c1-30(2)11-4-12-31-16-17(21-15-20(34-3)8-9-23(21)31)13-25-26(32)22-14-19(7-10-24(22)35-25)29-27(33)28-18-5-6-18/h7-10,13-16,18H,4-6,11-12H2,1-3H3,(H2,28,29,33). The minimum atomic E-state index is -0.259. The number of ether oxygens (including phenoxy) is 2. The number of nitrogens with zero attached hydrogens (tertiary/aromatic N) is 2. The van der Waals surface area contributed by atoms with Gasteiger partial charge >= 0.3 is 6.03 Å².